The van der Waals surface area contributed by atoms with E-state index in [9.17, 15) is 14.7 Å². The van der Waals surface area contributed by atoms with Crippen LogP contribution in [0, 0.1) is 37.5 Å². The van der Waals surface area contributed by atoms with E-state index in [0.29, 0.717) is 6.54 Å². The number of carbonyl (C=O) groups is 2. The van der Waals surface area contributed by atoms with Crippen LogP contribution in [0.25, 0.3) is 0 Å². The minimum absolute atomic E-state index is 0.0227. The molecule has 0 spiro atoms. The molecule has 2 aliphatic rings. The number of aliphatic carboxylic acids is 1. The van der Waals surface area contributed by atoms with Gasteiger partial charge in [-0.15, -0.1) is 11.3 Å². The zero-order valence-electron chi connectivity index (χ0n) is 12.1. The van der Waals surface area contributed by atoms with E-state index >= 15 is 0 Å². The predicted molar refractivity (Wildman–Crippen MR) is 81.0 cm³/mol. The second-order valence-electron chi connectivity index (χ2n) is 6.01. The van der Waals surface area contributed by atoms with E-state index in [2.05, 4.69) is 25.2 Å². The van der Waals surface area contributed by atoms with Crippen molar-refractivity contribution >= 4 is 23.2 Å². The molecule has 1 amide bonds. The number of aryl methyl sites for hydroxylation is 2. The Balaban J connectivity index is 1.67. The Hall–Kier alpha value is -1.62. The van der Waals surface area contributed by atoms with Crippen molar-refractivity contribution < 1.29 is 14.7 Å². The Morgan fingerprint density at radius 1 is 1.29 bits per heavy atom. The summed E-state index contributed by atoms with van der Waals surface area (Å²) in [7, 11) is 0. The van der Waals surface area contributed by atoms with Crippen LogP contribution in [-0.4, -0.2) is 17.0 Å². The first kappa shape index (κ1) is 14.3. The third kappa shape index (κ3) is 2.50. The van der Waals surface area contributed by atoms with Crippen molar-refractivity contribution in [3.63, 3.8) is 0 Å². The van der Waals surface area contributed by atoms with Gasteiger partial charge in [0.1, 0.15) is 0 Å². The number of carboxylic acids is 1. The first-order valence-corrected chi connectivity index (χ1v) is 8.03. The monoisotopic (exact) mass is 305 g/mol. The van der Waals surface area contributed by atoms with Gasteiger partial charge in [0, 0.05) is 9.75 Å². The topological polar surface area (TPSA) is 66.4 Å². The number of hydrogen-bond donors (Lipinski definition) is 2. The number of rotatable bonds is 4. The highest BCUT2D eigenvalue weighted by atomic mass is 32.1. The molecule has 1 saturated carbocycles. The molecule has 1 aromatic heterocycles. The van der Waals surface area contributed by atoms with Crippen molar-refractivity contribution in [3.8, 4) is 0 Å². The summed E-state index contributed by atoms with van der Waals surface area (Å²) in [6.07, 6.45) is 4.76. The molecule has 2 bridgehead atoms. The molecule has 5 heteroatoms. The number of amides is 1. The largest absolute Gasteiger partial charge is 0.481 e. The maximum Gasteiger partial charge on any atom is 0.307 e. The second kappa shape index (κ2) is 5.30. The average molecular weight is 305 g/mol. The molecule has 2 aliphatic carbocycles. The van der Waals surface area contributed by atoms with Gasteiger partial charge in [-0.2, -0.15) is 0 Å². The van der Waals surface area contributed by atoms with Crippen molar-refractivity contribution in [2.45, 2.75) is 26.8 Å². The van der Waals surface area contributed by atoms with Crippen LogP contribution >= 0.6 is 11.3 Å². The summed E-state index contributed by atoms with van der Waals surface area (Å²) in [4.78, 5) is 26.2. The fourth-order valence-electron chi connectivity index (χ4n) is 3.55. The van der Waals surface area contributed by atoms with Crippen molar-refractivity contribution in [3.05, 3.63) is 33.5 Å². The van der Waals surface area contributed by atoms with Gasteiger partial charge < -0.3 is 10.4 Å². The van der Waals surface area contributed by atoms with Crippen LogP contribution in [0.15, 0.2) is 18.2 Å². The molecule has 0 aromatic carbocycles. The third-order valence-electron chi connectivity index (χ3n) is 4.70. The number of fused-ring (bicyclic) bond motifs is 2. The smallest absolute Gasteiger partial charge is 0.307 e. The van der Waals surface area contributed by atoms with Crippen molar-refractivity contribution in [1.82, 2.24) is 5.32 Å². The van der Waals surface area contributed by atoms with Gasteiger partial charge in [-0.1, -0.05) is 12.2 Å². The van der Waals surface area contributed by atoms with Crippen LogP contribution in [0.5, 0.6) is 0 Å². The lowest BCUT2D eigenvalue weighted by Gasteiger charge is -2.23. The van der Waals surface area contributed by atoms with Crippen molar-refractivity contribution in [1.29, 1.82) is 0 Å². The fourth-order valence-corrected chi connectivity index (χ4v) is 4.54. The Labute approximate surface area is 127 Å². The Morgan fingerprint density at radius 2 is 1.95 bits per heavy atom. The summed E-state index contributed by atoms with van der Waals surface area (Å²) in [5, 5.41) is 12.3. The van der Waals surface area contributed by atoms with Gasteiger partial charge in [0.05, 0.1) is 18.4 Å². The predicted octanol–water partition coefficient (Wildman–Crippen LogP) is 2.50. The molecule has 0 aliphatic heterocycles. The van der Waals surface area contributed by atoms with Crippen LogP contribution in [0.1, 0.15) is 21.7 Å². The van der Waals surface area contributed by atoms with Crippen LogP contribution in [-0.2, 0) is 16.1 Å². The number of nitrogens with one attached hydrogen (secondary N) is 1. The molecule has 1 heterocycles. The van der Waals surface area contributed by atoms with E-state index < -0.39 is 17.8 Å². The van der Waals surface area contributed by atoms with E-state index in [1.807, 2.05) is 12.2 Å². The van der Waals surface area contributed by atoms with Gasteiger partial charge >= 0.3 is 5.97 Å². The zero-order valence-corrected chi connectivity index (χ0v) is 12.9. The van der Waals surface area contributed by atoms with Crippen molar-refractivity contribution in [2.75, 3.05) is 0 Å². The van der Waals surface area contributed by atoms with Gasteiger partial charge in [-0.25, -0.2) is 0 Å². The third-order valence-corrected chi connectivity index (χ3v) is 5.85. The highest BCUT2D eigenvalue weighted by Crippen LogP contribution is 2.48. The number of carbonyl (C=O) groups excluding carboxylic acids is 1. The summed E-state index contributed by atoms with van der Waals surface area (Å²) in [6.45, 7) is 4.60. The molecule has 112 valence electrons. The first-order valence-electron chi connectivity index (χ1n) is 7.22. The molecular weight excluding hydrogens is 286 g/mol. The summed E-state index contributed by atoms with van der Waals surface area (Å²) in [6, 6.07) is 2.08. The second-order valence-corrected chi connectivity index (χ2v) is 7.35. The average Bonchev–Trinajstić information content (AvgIpc) is 3.11. The highest BCUT2D eigenvalue weighted by molar-refractivity contribution is 7.12. The van der Waals surface area contributed by atoms with E-state index in [-0.39, 0.29) is 17.7 Å². The van der Waals surface area contributed by atoms with Gasteiger partial charge in [0.25, 0.3) is 0 Å². The number of carboxylic acid groups (broad SMARTS) is 1. The minimum Gasteiger partial charge on any atom is -0.481 e. The van der Waals surface area contributed by atoms with E-state index in [1.54, 1.807) is 11.3 Å². The standard InChI is InChI=1S/C16H19NO3S/c1-8-5-12(21-9(8)2)7-17-15(18)13-10-3-4-11(6-10)14(13)16(19)20/h3-5,10-11,13-14H,6-7H2,1-2H3,(H,17,18)(H,19,20)/t10?,11?,13-,14+/m0/s1. The molecular formula is C16H19NO3S. The summed E-state index contributed by atoms with van der Waals surface area (Å²) in [5.74, 6) is -1.85. The van der Waals surface area contributed by atoms with Crippen LogP contribution in [0.2, 0.25) is 0 Å². The van der Waals surface area contributed by atoms with E-state index in [0.717, 1.165) is 11.3 Å². The highest BCUT2D eigenvalue weighted by Gasteiger charge is 2.51. The van der Waals surface area contributed by atoms with Gasteiger partial charge in [-0.05, 0) is 43.7 Å². The normalized spacial score (nSPS) is 29.8. The lowest BCUT2D eigenvalue weighted by molar-refractivity contribution is -0.147. The van der Waals surface area contributed by atoms with Crippen LogP contribution in [0.4, 0.5) is 0 Å². The maximum atomic E-state index is 12.4. The van der Waals surface area contributed by atoms with E-state index in [4.69, 9.17) is 0 Å². The van der Waals surface area contributed by atoms with Crippen LogP contribution < -0.4 is 5.32 Å². The molecule has 21 heavy (non-hydrogen) atoms. The first-order chi connectivity index (χ1) is 9.97. The Bertz CT molecular complexity index is 600. The number of hydrogen-bond acceptors (Lipinski definition) is 3. The molecule has 0 saturated heterocycles. The molecule has 2 N–H and O–H groups in total. The van der Waals surface area contributed by atoms with Crippen LogP contribution in [0.3, 0.4) is 0 Å². The summed E-state index contributed by atoms with van der Waals surface area (Å²) in [5.41, 5.74) is 1.23. The SMILES string of the molecule is Cc1cc(CNC(=O)[C@H]2C3C=CC(C3)[C@H]2C(=O)O)sc1C. The Kier molecular flexibility index (Phi) is 3.61. The molecule has 1 fully saturated rings. The minimum atomic E-state index is -0.852. The van der Waals surface area contributed by atoms with Gasteiger partial charge in [0.15, 0.2) is 0 Å². The summed E-state index contributed by atoms with van der Waals surface area (Å²) < 4.78 is 0. The summed E-state index contributed by atoms with van der Waals surface area (Å²) >= 11 is 1.68. The number of thiophene rings is 1. The van der Waals surface area contributed by atoms with Gasteiger partial charge in [0.2, 0.25) is 5.91 Å². The van der Waals surface area contributed by atoms with Crippen molar-refractivity contribution in [2.24, 2.45) is 23.7 Å². The molecule has 4 atom stereocenters. The fraction of sp³-hybridized carbons (Fsp3) is 0.500. The molecule has 3 rings (SSSR count). The zero-order chi connectivity index (χ0) is 15.1. The maximum absolute atomic E-state index is 12.4. The molecule has 2 unspecified atom stereocenters. The quantitative estimate of drug-likeness (QED) is 0.840. The lowest BCUT2D eigenvalue weighted by atomic mass is 9.82. The van der Waals surface area contributed by atoms with Gasteiger partial charge in [-0.3, -0.25) is 9.59 Å². The lowest BCUT2D eigenvalue weighted by Crippen LogP contribution is -2.39. The molecule has 4 nitrogen and oxygen atoms in total. The molecule has 1 aromatic rings. The number of allylic oxidation sites excluding steroid dienone is 2. The Morgan fingerprint density at radius 3 is 2.52 bits per heavy atom. The van der Waals surface area contributed by atoms with E-state index in [1.165, 1.54) is 10.4 Å². The molecule has 0 radical (unpaired) electrons.